The topological polar surface area (TPSA) is 56.7 Å². The Morgan fingerprint density at radius 1 is 0.286 bits per heavy atom. The summed E-state index contributed by atoms with van der Waals surface area (Å²) in [4.78, 5) is 17.7. The molecule has 91 heavy (non-hydrogen) atoms. The van der Waals surface area contributed by atoms with Crippen LogP contribution in [0.2, 0.25) is 0 Å². The van der Waals surface area contributed by atoms with E-state index in [1.807, 2.05) is 0 Å². The molecule has 0 N–H and O–H groups in total. The first-order chi connectivity index (χ1) is 45.1. The van der Waals surface area contributed by atoms with Crippen LogP contribution >= 0.6 is 0 Å². The number of allylic oxidation sites excluding steroid dienone is 4. The van der Waals surface area contributed by atoms with Crippen molar-refractivity contribution >= 4 is 55.9 Å². The molecule has 1 aliphatic rings. The average Bonchev–Trinajstić information content (AvgIpc) is 1.73. The standard InChI is InChI=1S/C84H71N7/c1-4-25-70(26-5-1)89-79-34-13-10-31-76(79)85-82(89)67-49-37-61(38-50-67)19-16-22-64-43-55-73(56-44-64)88(74-57-45-65(46-58-74)23-17-20-62-39-51-68(52-40-62)83-86-77-32-11-14-35-80(77)90(83)71-27-6-2-7-28-71)75-59-47-66(48-60-75)24-18-21-63-41-53-69(54-42-63)84-87-78-33-12-15-36-81(78)91(84)72-29-8-3-9-30-72/h1-2,4-8,10-15,25-60H,3,9,16-24H2. The fourth-order valence-electron chi connectivity index (χ4n) is 13.2. The van der Waals surface area contributed by atoms with Crippen molar-refractivity contribution in [3.05, 3.63) is 331 Å². The van der Waals surface area contributed by atoms with Gasteiger partial charge >= 0.3 is 0 Å². The fourth-order valence-corrected chi connectivity index (χ4v) is 13.2. The molecule has 0 radical (unpaired) electrons. The molecule has 442 valence electrons. The van der Waals surface area contributed by atoms with E-state index >= 15 is 0 Å². The van der Waals surface area contributed by atoms with Crippen molar-refractivity contribution in [3.8, 4) is 45.5 Å². The molecule has 3 heterocycles. The molecule has 0 unspecified atom stereocenters. The van der Waals surface area contributed by atoms with Crippen LogP contribution in [0.3, 0.4) is 0 Å². The summed E-state index contributed by atoms with van der Waals surface area (Å²) < 4.78 is 6.86. The fraction of sp³-hybridized carbons (Fsp3) is 0.131. The van der Waals surface area contributed by atoms with Gasteiger partial charge in [0, 0.05) is 50.8 Å². The summed E-state index contributed by atoms with van der Waals surface area (Å²) >= 11 is 0. The molecule has 0 bridgehead atoms. The summed E-state index contributed by atoms with van der Waals surface area (Å²) in [5, 5.41) is 0. The monoisotopic (exact) mass is 1180 g/mol. The molecule has 0 fully saturated rings. The Morgan fingerprint density at radius 3 is 0.912 bits per heavy atom. The van der Waals surface area contributed by atoms with E-state index in [1.54, 1.807) is 0 Å². The Hall–Kier alpha value is -10.9. The molecule has 0 spiro atoms. The molecule has 0 atom stereocenters. The first kappa shape index (κ1) is 56.6. The summed E-state index contributed by atoms with van der Waals surface area (Å²) in [6.07, 6.45) is 18.2. The maximum atomic E-state index is 5.12. The summed E-state index contributed by atoms with van der Waals surface area (Å²) in [5.41, 5.74) is 24.6. The van der Waals surface area contributed by atoms with Crippen LogP contribution in [0.25, 0.3) is 84.3 Å². The van der Waals surface area contributed by atoms with E-state index in [-0.39, 0.29) is 0 Å². The molecule has 11 aromatic carbocycles. The third-order valence-corrected chi connectivity index (χ3v) is 18.0. The van der Waals surface area contributed by atoms with Crippen molar-refractivity contribution in [2.75, 3.05) is 4.90 Å². The zero-order valence-electron chi connectivity index (χ0n) is 51.2. The van der Waals surface area contributed by atoms with E-state index in [0.717, 1.165) is 166 Å². The highest BCUT2D eigenvalue weighted by atomic mass is 15.1. The predicted molar refractivity (Wildman–Crippen MR) is 378 cm³/mol. The maximum absolute atomic E-state index is 5.12. The second-order valence-corrected chi connectivity index (χ2v) is 24.0. The molecular formula is C84H71N7. The van der Waals surface area contributed by atoms with Crippen LogP contribution < -0.4 is 4.90 Å². The third-order valence-electron chi connectivity index (χ3n) is 18.0. The van der Waals surface area contributed by atoms with Crippen LogP contribution in [0.5, 0.6) is 0 Å². The number of para-hydroxylation sites is 8. The van der Waals surface area contributed by atoms with Crippen molar-refractivity contribution < 1.29 is 0 Å². The van der Waals surface area contributed by atoms with E-state index in [9.17, 15) is 0 Å². The van der Waals surface area contributed by atoms with Crippen LogP contribution in [0.1, 0.15) is 65.5 Å². The summed E-state index contributed by atoms with van der Waals surface area (Å²) in [6, 6.07) is 101. The third kappa shape index (κ3) is 12.2. The van der Waals surface area contributed by atoms with Crippen LogP contribution in [-0.2, 0) is 38.5 Å². The lowest BCUT2D eigenvalue weighted by Crippen LogP contribution is -2.10. The van der Waals surface area contributed by atoms with Gasteiger partial charge in [0.25, 0.3) is 0 Å². The second kappa shape index (κ2) is 26.1. The molecule has 0 saturated heterocycles. The molecule has 0 saturated carbocycles. The van der Waals surface area contributed by atoms with Gasteiger partial charge in [-0.15, -0.1) is 0 Å². The Labute approximate surface area is 533 Å². The average molecular weight is 1180 g/mol. The number of hydrogen-bond donors (Lipinski definition) is 0. The highest BCUT2D eigenvalue weighted by Crippen LogP contribution is 2.37. The lowest BCUT2D eigenvalue weighted by molar-refractivity contribution is 0.820. The predicted octanol–water partition coefficient (Wildman–Crippen LogP) is 20.9. The number of aromatic nitrogens is 6. The maximum Gasteiger partial charge on any atom is 0.145 e. The zero-order chi connectivity index (χ0) is 60.7. The van der Waals surface area contributed by atoms with E-state index in [0.29, 0.717) is 0 Å². The van der Waals surface area contributed by atoms with Gasteiger partial charge in [0.1, 0.15) is 17.5 Å². The molecule has 7 heteroatoms. The number of imidazole rings is 3. The quantitative estimate of drug-likeness (QED) is 0.0719. The largest absolute Gasteiger partial charge is 0.311 e. The van der Waals surface area contributed by atoms with Gasteiger partial charge in [0.05, 0.1) is 33.1 Å². The molecule has 3 aromatic heterocycles. The number of aryl methyl sites for hydroxylation is 6. The Bertz CT molecular complexity index is 4630. The van der Waals surface area contributed by atoms with Gasteiger partial charge in [-0.3, -0.25) is 13.7 Å². The van der Waals surface area contributed by atoms with Crippen molar-refractivity contribution in [3.63, 3.8) is 0 Å². The smallest absolute Gasteiger partial charge is 0.145 e. The van der Waals surface area contributed by atoms with Gasteiger partial charge in [0.15, 0.2) is 0 Å². The van der Waals surface area contributed by atoms with Gasteiger partial charge in [-0.1, -0.05) is 194 Å². The zero-order valence-corrected chi connectivity index (χ0v) is 51.2. The van der Waals surface area contributed by atoms with Crippen LogP contribution in [0.4, 0.5) is 17.1 Å². The first-order valence-corrected chi connectivity index (χ1v) is 32.4. The van der Waals surface area contributed by atoms with Gasteiger partial charge < -0.3 is 4.90 Å². The minimum atomic E-state index is 0.960. The second-order valence-electron chi connectivity index (χ2n) is 24.0. The van der Waals surface area contributed by atoms with E-state index in [2.05, 4.69) is 316 Å². The Morgan fingerprint density at radius 2 is 0.582 bits per heavy atom. The van der Waals surface area contributed by atoms with Crippen molar-refractivity contribution in [2.24, 2.45) is 0 Å². The van der Waals surface area contributed by atoms with E-state index in [4.69, 9.17) is 15.0 Å². The molecule has 0 aliphatic heterocycles. The number of fused-ring (bicyclic) bond motifs is 3. The molecule has 15 rings (SSSR count). The Kier molecular flexibility index (Phi) is 16.2. The van der Waals surface area contributed by atoms with Crippen LogP contribution in [0.15, 0.2) is 297 Å². The highest BCUT2D eigenvalue weighted by molar-refractivity contribution is 5.88. The Balaban J connectivity index is 0.618. The van der Waals surface area contributed by atoms with Gasteiger partial charge in [-0.25, -0.2) is 15.0 Å². The number of benzene rings is 11. The first-order valence-electron chi connectivity index (χ1n) is 32.4. The number of hydrogen-bond acceptors (Lipinski definition) is 4. The highest BCUT2D eigenvalue weighted by Gasteiger charge is 2.19. The molecule has 1 aliphatic carbocycles. The molecule has 7 nitrogen and oxygen atoms in total. The van der Waals surface area contributed by atoms with Gasteiger partial charge in [-0.05, 0) is 207 Å². The van der Waals surface area contributed by atoms with Crippen molar-refractivity contribution in [2.45, 2.75) is 70.6 Å². The lowest BCUT2D eigenvalue weighted by atomic mass is 10.0. The number of anilines is 3. The van der Waals surface area contributed by atoms with Crippen LogP contribution in [0, 0.1) is 0 Å². The SMILES string of the molecule is C1=CC(n2c(-c3ccc(CCCc4ccc(N(c5ccc(CCCc6ccc(-c7nc8ccccc8n7-c7ccccc7)cc6)cc5)c5ccc(CCCc6ccc(-c7nc8ccccc8n7-c7ccccc7)cc6)cc5)cc4)cc3)nc3ccccc32)=CCC1. The minimum absolute atomic E-state index is 0.960. The van der Waals surface area contributed by atoms with E-state index in [1.165, 1.54) is 39.1 Å². The summed E-state index contributed by atoms with van der Waals surface area (Å²) in [5.74, 6) is 2.91. The van der Waals surface area contributed by atoms with Gasteiger partial charge in [0.2, 0.25) is 0 Å². The summed E-state index contributed by atoms with van der Waals surface area (Å²) in [7, 11) is 0. The normalized spacial score (nSPS) is 12.3. The van der Waals surface area contributed by atoms with Crippen molar-refractivity contribution in [1.82, 2.24) is 28.7 Å². The van der Waals surface area contributed by atoms with Crippen LogP contribution in [-0.4, -0.2) is 28.7 Å². The number of nitrogens with zero attached hydrogens (tertiary/aromatic N) is 7. The van der Waals surface area contributed by atoms with E-state index < -0.39 is 0 Å². The molecular weight excluding hydrogens is 1110 g/mol. The van der Waals surface area contributed by atoms with Crippen molar-refractivity contribution in [1.29, 1.82) is 0 Å². The number of rotatable bonds is 21. The lowest BCUT2D eigenvalue weighted by Gasteiger charge is -2.26. The minimum Gasteiger partial charge on any atom is -0.311 e. The summed E-state index contributed by atoms with van der Waals surface area (Å²) in [6.45, 7) is 0. The molecule has 0 amide bonds. The molecule has 14 aromatic rings. The van der Waals surface area contributed by atoms with Gasteiger partial charge in [-0.2, -0.15) is 0 Å².